The fourth-order valence-corrected chi connectivity index (χ4v) is 2.46. The summed E-state index contributed by atoms with van der Waals surface area (Å²) in [5.74, 6) is 0.710. The average Bonchev–Trinajstić information content (AvgIpc) is 2.29. The van der Waals surface area contributed by atoms with E-state index in [2.05, 4.69) is 4.98 Å². The van der Waals surface area contributed by atoms with Gasteiger partial charge in [-0.1, -0.05) is 32.5 Å². The van der Waals surface area contributed by atoms with Crippen molar-refractivity contribution in [3.05, 3.63) is 15.9 Å². The normalized spacial score (nSPS) is 12.7. The Bertz CT molecular complexity index is 443. The van der Waals surface area contributed by atoms with E-state index in [0.717, 1.165) is 12.2 Å². The first-order valence-corrected chi connectivity index (χ1v) is 7.02. The van der Waals surface area contributed by atoms with Gasteiger partial charge in [0.15, 0.2) is 5.16 Å². The molecule has 1 atom stereocenters. The summed E-state index contributed by atoms with van der Waals surface area (Å²) >= 11 is 1.48. The molecule has 1 heterocycles. The van der Waals surface area contributed by atoms with Crippen molar-refractivity contribution >= 4 is 11.8 Å². The van der Waals surface area contributed by atoms with E-state index >= 15 is 0 Å². The van der Waals surface area contributed by atoms with Gasteiger partial charge >= 0.3 is 0 Å². The van der Waals surface area contributed by atoms with Crippen molar-refractivity contribution in [1.29, 1.82) is 0 Å². The quantitative estimate of drug-likeness (QED) is 0.650. The zero-order chi connectivity index (χ0) is 13.0. The van der Waals surface area contributed by atoms with Crippen molar-refractivity contribution in [2.45, 2.75) is 51.7 Å². The standard InChI is InChI=1S/C12H20N2O2S/c1-5-8(4)14-11(16)9(6-2)10(15)13-12(14)17-7-3/h8,15H,5-7H2,1-4H3/t8-/m0/s1. The van der Waals surface area contributed by atoms with Gasteiger partial charge in [0.05, 0.1) is 5.56 Å². The van der Waals surface area contributed by atoms with E-state index in [4.69, 9.17) is 0 Å². The molecule has 1 N–H and O–H groups in total. The molecule has 0 aromatic carbocycles. The van der Waals surface area contributed by atoms with E-state index in [1.54, 1.807) is 4.57 Å². The third-order valence-corrected chi connectivity index (χ3v) is 3.65. The topological polar surface area (TPSA) is 55.1 Å². The van der Waals surface area contributed by atoms with E-state index in [0.29, 0.717) is 17.1 Å². The molecule has 0 aliphatic carbocycles. The molecule has 0 fully saturated rings. The lowest BCUT2D eigenvalue weighted by Gasteiger charge is -2.18. The minimum atomic E-state index is -0.118. The van der Waals surface area contributed by atoms with Gasteiger partial charge in [-0.25, -0.2) is 0 Å². The molecule has 5 heteroatoms. The van der Waals surface area contributed by atoms with E-state index < -0.39 is 0 Å². The van der Waals surface area contributed by atoms with Crippen molar-refractivity contribution < 1.29 is 5.11 Å². The third kappa shape index (κ3) is 2.83. The molecule has 0 unspecified atom stereocenters. The highest BCUT2D eigenvalue weighted by molar-refractivity contribution is 7.99. The first-order chi connectivity index (χ1) is 8.06. The maximum absolute atomic E-state index is 12.3. The van der Waals surface area contributed by atoms with E-state index in [1.807, 2.05) is 27.7 Å². The van der Waals surface area contributed by atoms with Gasteiger partial charge in [0.1, 0.15) is 0 Å². The van der Waals surface area contributed by atoms with Crippen molar-refractivity contribution in [3.8, 4) is 5.88 Å². The molecule has 0 saturated heterocycles. The second-order valence-electron chi connectivity index (χ2n) is 3.92. The first kappa shape index (κ1) is 14.1. The predicted octanol–water partition coefficient (Wildman–Crippen LogP) is 2.59. The Labute approximate surface area is 106 Å². The fraction of sp³-hybridized carbons (Fsp3) is 0.667. The molecular formula is C12H20N2O2S. The van der Waals surface area contributed by atoms with Crippen molar-refractivity contribution in [2.24, 2.45) is 0 Å². The number of hydrogen-bond donors (Lipinski definition) is 1. The minimum Gasteiger partial charge on any atom is -0.493 e. The molecule has 0 bridgehead atoms. The Morgan fingerprint density at radius 2 is 2.06 bits per heavy atom. The van der Waals surface area contributed by atoms with Crippen LogP contribution in [0.15, 0.2) is 9.95 Å². The minimum absolute atomic E-state index is 0.106. The van der Waals surface area contributed by atoms with E-state index in [-0.39, 0.29) is 17.5 Å². The fourth-order valence-electron chi connectivity index (χ4n) is 1.65. The molecule has 0 aliphatic heterocycles. The van der Waals surface area contributed by atoms with Gasteiger partial charge in [0, 0.05) is 6.04 Å². The lowest BCUT2D eigenvalue weighted by molar-refractivity contribution is 0.402. The number of rotatable bonds is 5. The molecule has 0 spiro atoms. The zero-order valence-electron chi connectivity index (χ0n) is 10.9. The van der Waals surface area contributed by atoms with Gasteiger partial charge in [-0.15, -0.1) is 0 Å². The lowest BCUT2D eigenvalue weighted by atomic mass is 10.2. The Hall–Kier alpha value is -0.970. The summed E-state index contributed by atoms with van der Waals surface area (Å²) in [5.41, 5.74) is 0.302. The monoisotopic (exact) mass is 256 g/mol. The van der Waals surface area contributed by atoms with Crippen LogP contribution in [-0.4, -0.2) is 20.4 Å². The smallest absolute Gasteiger partial charge is 0.261 e. The molecule has 1 aromatic rings. The van der Waals surface area contributed by atoms with Crippen LogP contribution in [-0.2, 0) is 6.42 Å². The van der Waals surface area contributed by atoms with Crippen LogP contribution in [0.4, 0.5) is 0 Å². The second kappa shape index (κ2) is 6.10. The van der Waals surface area contributed by atoms with Gasteiger partial charge in [0.25, 0.3) is 5.56 Å². The summed E-state index contributed by atoms with van der Waals surface area (Å²) in [6.45, 7) is 7.89. The number of thioether (sulfide) groups is 1. The Morgan fingerprint density at radius 1 is 1.41 bits per heavy atom. The van der Waals surface area contributed by atoms with Crippen LogP contribution >= 0.6 is 11.8 Å². The lowest BCUT2D eigenvalue weighted by Crippen LogP contribution is -2.28. The number of nitrogens with zero attached hydrogens (tertiary/aromatic N) is 2. The summed E-state index contributed by atoms with van der Waals surface area (Å²) in [6.07, 6.45) is 1.37. The zero-order valence-corrected chi connectivity index (χ0v) is 11.7. The molecule has 1 aromatic heterocycles. The van der Waals surface area contributed by atoms with Crippen molar-refractivity contribution in [3.63, 3.8) is 0 Å². The van der Waals surface area contributed by atoms with Crippen LogP contribution in [0.5, 0.6) is 5.88 Å². The molecule has 0 amide bonds. The molecule has 4 nitrogen and oxygen atoms in total. The molecule has 0 saturated carbocycles. The Kier molecular flexibility index (Phi) is 5.05. The van der Waals surface area contributed by atoms with Crippen LogP contribution in [0.2, 0.25) is 0 Å². The van der Waals surface area contributed by atoms with E-state index in [1.165, 1.54) is 11.8 Å². The first-order valence-electron chi connectivity index (χ1n) is 6.03. The van der Waals surface area contributed by atoms with Gasteiger partial charge in [-0.2, -0.15) is 4.98 Å². The van der Waals surface area contributed by atoms with Crippen LogP contribution < -0.4 is 5.56 Å². The Balaban J connectivity index is 3.45. The summed E-state index contributed by atoms with van der Waals surface area (Å²) in [5, 5.41) is 10.4. The summed E-state index contributed by atoms with van der Waals surface area (Å²) < 4.78 is 1.70. The number of aromatic hydroxyl groups is 1. The maximum atomic E-state index is 12.3. The van der Waals surface area contributed by atoms with Crippen LogP contribution in [0.1, 0.15) is 45.7 Å². The van der Waals surface area contributed by atoms with Crippen molar-refractivity contribution in [1.82, 2.24) is 9.55 Å². The predicted molar refractivity (Wildman–Crippen MR) is 70.9 cm³/mol. The van der Waals surface area contributed by atoms with Crippen LogP contribution in [0, 0.1) is 0 Å². The van der Waals surface area contributed by atoms with Gasteiger partial charge in [-0.05, 0) is 25.5 Å². The summed E-state index contributed by atoms with van der Waals surface area (Å²) in [7, 11) is 0. The SMILES string of the molecule is CCSc1nc(O)c(CC)c(=O)n1[C@@H](C)CC. The molecule has 0 aliphatic rings. The summed E-state index contributed by atoms with van der Waals surface area (Å²) in [6, 6.07) is 0.106. The Morgan fingerprint density at radius 3 is 2.53 bits per heavy atom. The largest absolute Gasteiger partial charge is 0.493 e. The number of aromatic nitrogens is 2. The highest BCUT2D eigenvalue weighted by atomic mass is 32.2. The van der Waals surface area contributed by atoms with Crippen LogP contribution in [0.3, 0.4) is 0 Å². The molecule has 1 rings (SSSR count). The summed E-state index contributed by atoms with van der Waals surface area (Å²) in [4.78, 5) is 16.4. The van der Waals surface area contributed by atoms with Crippen LogP contribution in [0.25, 0.3) is 0 Å². The van der Waals surface area contributed by atoms with E-state index in [9.17, 15) is 9.90 Å². The highest BCUT2D eigenvalue weighted by Gasteiger charge is 2.17. The van der Waals surface area contributed by atoms with Gasteiger partial charge in [-0.3, -0.25) is 9.36 Å². The second-order valence-corrected chi connectivity index (χ2v) is 5.15. The maximum Gasteiger partial charge on any atom is 0.261 e. The average molecular weight is 256 g/mol. The van der Waals surface area contributed by atoms with Gasteiger partial charge in [0.2, 0.25) is 5.88 Å². The highest BCUT2D eigenvalue weighted by Crippen LogP contribution is 2.23. The molecule has 17 heavy (non-hydrogen) atoms. The van der Waals surface area contributed by atoms with Crippen molar-refractivity contribution in [2.75, 3.05) is 5.75 Å². The molecular weight excluding hydrogens is 236 g/mol. The molecule has 96 valence electrons. The number of hydrogen-bond acceptors (Lipinski definition) is 4. The molecule has 0 radical (unpaired) electrons. The van der Waals surface area contributed by atoms with Gasteiger partial charge < -0.3 is 5.11 Å². The third-order valence-electron chi connectivity index (χ3n) is 2.81.